The number of ether oxygens (including phenoxy) is 1. The van der Waals surface area contributed by atoms with Crippen LogP contribution in [-0.4, -0.2) is 52.4 Å². The van der Waals surface area contributed by atoms with Gasteiger partial charge in [0.05, 0.1) is 6.10 Å². The summed E-state index contributed by atoms with van der Waals surface area (Å²) in [5.41, 5.74) is 1.06. The molecule has 0 saturated heterocycles. The van der Waals surface area contributed by atoms with Gasteiger partial charge in [-0.05, 0) is 45.2 Å². The second-order valence-corrected chi connectivity index (χ2v) is 7.37. The molecule has 0 spiro atoms. The van der Waals surface area contributed by atoms with Crippen LogP contribution in [0.2, 0.25) is 0 Å². The van der Waals surface area contributed by atoms with Crippen LogP contribution >= 0.6 is 24.0 Å². The van der Waals surface area contributed by atoms with Gasteiger partial charge in [-0.25, -0.2) is 0 Å². The second-order valence-electron chi connectivity index (χ2n) is 7.37. The van der Waals surface area contributed by atoms with Gasteiger partial charge in [-0.2, -0.15) is 0 Å². The van der Waals surface area contributed by atoms with Crippen molar-refractivity contribution in [2.75, 3.05) is 19.7 Å². The van der Waals surface area contributed by atoms with Gasteiger partial charge in [-0.3, -0.25) is 9.39 Å². The van der Waals surface area contributed by atoms with E-state index >= 15 is 0 Å². The van der Waals surface area contributed by atoms with Crippen molar-refractivity contribution >= 4 is 35.6 Å². The van der Waals surface area contributed by atoms with E-state index in [2.05, 4.69) is 48.5 Å². The molecule has 0 aliphatic heterocycles. The molecular weight excluding hydrogens is 479 g/mol. The minimum atomic E-state index is 0. The summed E-state index contributed by atoms with van der Waals surface area (Å²) in [5.74, 6) is 1.81. The van der Waals surface area contributed by atoms with E-state index in [4.69, 9.17) is 9.73 Å². The lowest BCUT2D eigenvalue weighted by atomic mass is 9.58. The number of rotatable bonds is 9. The molecule has 0 bridgehead atoms. The average Bonchev–Trinajstić information content (AvgIpc) is 3.11. The number of pyridine rings is 1. The number of nitrogens with one attached hydrogen (secondary N) is 2. The Labute approximate surface area is 191 Å². The van der Waals surface area contributed by atoms with Crippen molar-refractivity contribution in [3.05, 3.63) is 30.2 Å². The first-order chi connectivity index (χ1) is 13.7. The van der Waals surface area contributed by atoms with Crippen LogP contribution in [0.3, 0.4) is 0 Å². The predicted molar refractivity (Wildman–Crippen MR) is 128 cm³/mol. The van der Waals surface area contributed by atoms with E-state index < -0.39 is 0 Å². The van der Waals surface area contributed by atoms with E-state index in [9.17, 15) is 0 Å². The van der Waals surface area contributed by atoms with Gasteiger partial charge in [-0.1, -0.05) is 19.9 Å². The molecule has 2 aromatic heterocycles. The normalized spacial score (nSPS) is 20.8. The fraction of sp³-hybridized carbons (Fsp3) is 0.667. The van der Waals surface area contributed by atoms with E-state index in [-0.39, 0.29) is 29.4 Å². The van der Waals surface area contributed by atoms with Crippen molar-refractivity contribution < 1.29 is 4.74 Å². The third-order valence-corrected chi connectivity index (χ3v) is 6.11. The maximum Gasteiger partial charge on any atom is 0.191 e. The summed E-state index contributed by atoms with van der Waals surface area (Å²) in [4.78, 5) is 4.79. The summed E-state index contributed by atoms with van der Waals surface area (Å²) in [7, 11) is 0. The van der Waals surface area contributed by atoms with E-state index in [0.29, 0.717) is 18.7 Å². The lowest BCUT2D eigenvalue weighted by Gasteiger charge is -2.55. The van der Waals surface area contributed by atoms with Crippen LogP contribution < -0.4 is 10.6 Å². The number of nitrogens with zero attached hydrogens (tertiary/aromatic N) is 4. The minimum Gasteiger partial charge on any atom is -0.378 e. The van der Waals surface area contributed by atoms with E-state index in [1.807, 2.05) is 28.8 Å². The fourth-order valence-electron chi connectivity index (χ4n) is 4.40. The summed E-state index contributed by atoms with van der Waals surface area (Å²) in [6.45, 7) is 11.0. The van der Waals surface area contributed by atoms with Gasteiger partial charge in [-0.15, -0.1) is 34.2 Å². The Balaban J connectivity index is 0.00000300. The molecule has 8 heteroatoms. The quantitative estimate of drug-likeness (QED) is 0.305. The fourth-order valence-corrected chi connectivity index (χ4v) is 4.40. The Morgan fingerprint density at radius 2 is 2.03 bits per heavy atom. The summed E-state index contributed by atoms with van der Waals surface area (Å²) in [6, 6.07) is 6.33. The van der Waals surface area contributed by atoms with Crippen molar-refractivity contribution in [3.8, 4) is 0 Å². The van der Waals surface area contributed by atoms with Crippen molar-refractivity contribution in [1.29, 1.82) is 0 Å². The first kappa shape index (κ1) is 23.9. The van der Waals surface area contributed by atoms with Crippen LogP contribution in [0.5, 0.6) is 0 Å². The highest BCUT2D eigenvalue weighted by molar-refractivity contribution is 14.0. The third-order valence-electron chi connectivity index (χ3n) is 6.11. The SMILES string of the molecule is CCNC(=NCCc1nnc2ccccn12)NC1CC(OCC)C1(CC)CC.I. The third kappa shape index (κ3) is 5.02. The van der Waals surface area contributed by atoms with Crippen LogP contribution in [0.25, 0.3) is 5.65 Å². The topological polar surface area (TPSA) is 75.8 Å². The molecule has 1 aliphatic rings. The van der Waals surface area contributed by atoms with E-state index in [1.54, 1.807) is 0 Å². The predicted octanol–water partition coefficient (Wildman–Crippen LogP) is 3.43. The molecule has 29 heavy (non-hydrogen) atoms. The van der Waals surface area contributed by atoms with Crippen LogP contribution in [0, 0.1) is 5.41 Å². The van der Waals surface area contributed by atoms with Crippen LogP contribution in [0.15, 0.2) is 29.4 Å². The first-order valence-corrected chi connectivity index (χ1v) is 10.6. The molecule has 3 rings (SSSR count). The molecule has 2 heterocycles. The van der Waals surface area contributed by atoms with Crippen LogP contribution in [0.4, 0.5) is 0 Å². The summed E-state index contributed by atoms with van der Waals surface area (Å²) < 4.78 is 8.02. The van der Waals surface area contributed by atoms with Crippen LogP contribution in [-0.2, 0) is 11.2 Å². The Morgan fingerprint density at radius 1 is 1.24 bits per heavy atom. The summed E-state index contributed by atoms with van der Waals surface area (Å²) in [5, 5.41) is 15.6. The molecule has 2 N–H and O–H groups in total. The Bertz CT molecular complexity index is 788. The molecule has 2 unspecified atom stereocenters. The summed E-state index contributed by atoms with van der Waals surface area (Å²) >= 11 is 0. The second kappa shape index (κ2) is 11.1. The molecule has 1 aliphatic carbocycles. The van der Waals surface area contributed by atoms with Crippen molar-refractivity contribution in [2.24, 2.45) is 10.4 Å². The molecule has 162 valence electrons. The largest absolute Gasteiger partial charge is 0.378 e. The zero-order chi connectivity index (χ0) is 20.0. The number of fused-ring (bicyclic) bond motifs is 1. The summed E-state index contributed by atoms with van der Waals surface area (Å²) in [6.07, 6.45) is 6.34. The Kier molecular flexibility index (Phi) is 9.13. The molecule has 7 nitrogen and oxygen atoms in total. The van der Waals surface area contributed by atoms with Gasteiger partial charge < -0.3 is 15.4 Å². The molecule has 2 aromatic rings. The highest BCUT2D eigenvalue weighted by Crippen LogP contribution is 2.48. The number of guanidine groups is 1. The monoisotopic (exact) mass is 514 g/mol. The highest BCUT2D eigenvalue weighted by Gasteiger charge is 2.53. The molecule has 0 amide bonds. The molecule has 2 atom stereocenters. The van der Waals surface area contributed by atoms with E-state index in [0.717, 1.165) is 56.3 Å². The van der Waals surface area contributed by atoms with Gasteiger partial charge in [0.25, 0.3) is 0 Å². The number of hydrogen-bond donors (Lipinski definition) is 2. The number of aliphatic imine (C=N–C) groups is 1. The molecule has 1 saturated carbocycles. The standard InChI is InChI=1S/C21H34N6O.HI/c1-5-21(6-2)16(15-17(21)28-8-4)24-20(22-7-3)23-13-12-19-26-25-18-11-9-10-14-27(18)19;/h9-11,14,16-17H,5-8,12-13,15H2,1-4H3,(H2,22,23,24);1H. The first-order valence-electron chi connectivity index (χ1n) is 10.6. The minimum absolute atomic E-state index is 0. The van der Waals surface area contributed by atoms with Crippen molar-refractivity contribution in [2.45, 2.75) is 65.5 Å². The number of hydrogen-bond acceptors (Lipinski definition) is 4. The molecular formula is C21H35IN6O. The van der Waals surface area contributed by atoms with Gasteiger partial charge in [0, 0.05) is 43.8 Å². The van der Waals surface area contributed by atoms with Gasteiger partial charge in [0.15, 0.2) is 11.6 Å². The zero-order valence-electron chi connectivity index (χ0n) is 18.0. The smallest absolute Gasteiger partial charge is 0.191 e. The van der Waals surface area contributed by atoms with Crippen molar-refractivity contribution in [1.82, 2.24) is 25.2 Å². The highest BCUT2D eigenvalue weighted by atomic mass is 127. The average molecular weight is 514 g/mol. The van der Waals surface area contributed by atoms with Crippen LogP contribution in [0.1, 0.15) is 52.8 Å². The van der Waals surface area contributed by atoms with Crippen molar-refractivity contribution in [3.63, 3.8) is 0 Å². The number of halogens is 1. The van der Waals surface area contributed by atoms with Gasteiger partial charge in [0.2, 0.25) is 0 Å². The van der Waals surface area contributed by atoms with E-state index in [1.165, 1.54) is 0 Å². The maximum absolute atomic E-state index is 6.00. The zero-order valence-corrected chi connectivity index (χ0v) is 20.3. The molecule has 1 fully saturated rings. The lowest BCUT2D eigenvalue weighted by molar-refractivity contribution is -0.133. The Hall–Kier alpha value is -1.42. The molecule has 0 radical (unpaired) electrons. The molecule has 0 aromatic carbocycles. The van der Waals surface area contributed by atoms with Gasteiger partial charge in [0.1, 0.15) is 5.82 Å². The lowest BCUT2D eigenvalue weighted by Crippen LogP contribution is -2.65. The number of aromatic nitrogens is 3. The maximum atomic E-state index is 6.00. The van der Waals surface area contributed by atoms with Gasteiger partial charge >= 0.3 is 0 Å². The Morgan fingerprint density at radius 3 is 2.72 bits per heavy atom.